The van der Waals surface area contributed by atoms with Crippen LogP contribution >= 0.6 is 0 Å². The first-order chi connectivity index (χ1) is 14.0. The third kappa shape index (κ3) is 4.87. The Kier molecular flexibility index (Phi) is 5.95. The van der Waals surface area contributed by atoms with Gasteiger partial charge in [0, 0.05) is 11.4 Å². The van der Waals surface area contributed by atoms with Crippen molar-refractivity contribution in [2.75, 3.05) is 13.4 Å². The molecule has 7 nitrogen and oxygen atoms in total. The third-order valence-electron chi connectivity index (χ3n) is 4.74. The van der Waals surface area contributed by atoms with Crippen molar-refractivity contribution in [3.05, 3.63) is 46.8 Å². The van der Waals surface area contributed by atoms with Crippen molar-refractivity contribution in [1.82, 2.24) is 9.88 Å². The number of hydrogen-bond donors (Lipinski definition) is 1. The summed E-state index contributed by atoms with van der Waals surface area (Å²) < 4.78 is 54.6. The summed E-state index contributed by atoms with van der Waals surface area (Å²) in [7, 11) is 0. The van der Waals surface area contributed by atoms with E-state index in [1.54, 1.807) is 25.1 Å². The highest BCUT2D eigenvalue weighted by molar-refractivity contribution is 5.92. The van der Waals surface area contributed by atoms with Crippen molar-refractivity contribution >= 4 is 11.9 Å². The summed E-state index contributed by atoms with van der Waals surface area (Å²) in [5.41, 5.74) is 1.17. The zero-order valence-corrected chi connectivity index (χ0v) is 16.6. The van der Waals surface area contributed by atoms with Crippen LogP contribution in [0.25, 0.3) is 0 Å². The highest BCUT2D eigenvalue weighted by Crippen LogP contribution is 2.34. The van der Waals surface area contributed by atoms with Crippen LogP contribution in [0.15, 0.2) is 24.3 Å². The SMILES string of the molecule is Cc1cc(C(=O)OCC(=O)N[C@H](C)c2ccc3c(c2)OCO3)c(C)n1CC(F)(F)F. The van der Waals surface area contributed by atoms with Crippen LogP contribution in [0.4, 0.5) is 13.2 Å². The Morgan fingerprint density at radius 2 is 1.90 bits per heavy atom. The lowest BCUT2D eigenvalue weighted by atomic mass is 10.1. The van der Waals surface area contributed by atoms with E-state index in [9.17, 15) is 22.8 Å². The molecule has 0 fully saturated rings. The van der Waals surface area contributed by atoms with E-state index in [1.165, 1.54) is 19.9 Å². The van der Waals surface area contributed by atoms with E-state index >= 15 is 0 Å². The highest BCUT2D eigenvalue weighted by atomic mass is 19.4. The number of nitrogens with zero attached hydrogens (tertiary/aromatic N) is 1. The molecule has 30 heavy (non-hydrogen) atoms. The predicted octanol–water partition coefficient (Wildman–Crippen LogP) is 3.43. The molecule has 1 N–H and O–H groups in total. The summed E-state index contributed by atoms with van der Waals surface area (Å²) in [6, 6.07) is 6.19. The molecule has 1 aromatic carbocycles. The number of carbonyl (C=O) groups is 2. The van der Waals surface area contributed by atoms with Gasteiger partial charge in [-0.15, -0.1) is 0 Å². The average molecular weight is 426 g/mol. The number of ether oxygens (including phenoxy) is 3. The zero-order valence-electron chi connectivity index (χ0n) is 16.6. The molecule has 3 rings (SSSR count). The fourth-order valence-electron chi connectivity index (χ4n) is 3.19. The second kappa shape index (κ2) is 8.29. The largest absolute Gasteiger partial charge is 0.454 e. The van der Waals surface area contributed by atoms with Gasteiger partial charge in [-0.2, -0.15) is 13.2 Å². The molecule has 0 saturated heterocycles. The number of carbonyl (C=O) groups excluding carboxylic acids is 2. The fourth-order valence-corrected chi connectivity index (χ4v) is 3.19. The van der Waals surface area contributed by atoms with Gasteiger partial charge in [0.05, 0.1) is 11.6 Å². The van der Waals surface area contributed by atoms with E-state index in [4.69, 9.17) is 14.2 Å². The molecule has 1 atom stereocenters. The summed E-state index contributed by atoms with van der Waals surface area (Å²) in [6.45, 7) is 3.00. The second-order valence-electron chi connectivity index (χ2n) is 6.96. The standard InChI is InChI=1S/C20H21F3N2O5/c1-11-6-15(13(3)25(11)9-20(21,22)23)19(27)28-8-18(26)24-12(2)14-4-5-16-17(7-14)30-10-29-16/h4-7,12H,8-10H2,1-3H3,(H,24,26)/t12-/m1/s1. The number of halogens is 3. The van der Waals surface area contributed by atoms with Crippen molar-refractivity contribution in [3.8, 4) is 11.5 Å². The molecule has 0 saturated carbocycles. The van der Waals surface area contributed by atoms with E-state index in [1.807, 2.05) is 0 Å². The number of fused-ring (bicyclic) bond motifs is 1. The molecule has 10 heteroatoms. The van der Waals surface area contributed by atoms with Crippen LogP contribution in [0.5, 0.6) is 11.5 Å². The second-order valence-corrected chi connectivity index (χ2v) is 6.96. The first-order valence-electron chi connectivity index (χ1n) is 9.14. The summed E-state index contributed by atoms with van der Waals surface area (Å²) in [5.74, 6) is -0.205. The van der Waals surface area contributed by atoms with Crippen LogP contribution in [0.2, 0.25) is 0 Å². The fraction of sp³-hybridized carbons (Fsp3) is 0.400. The van der Waals surface area contributed by atoms with Gasteiger partial charge in [-0.25, -0.2) is 4.79 Å². The molecule has 0 unspecified atom stereocenters. The van der Waals surface area contributed by atoms with Crippen LogP contribution < -0.4 is 14.8 Å². The Morgan fingerprint density at radius 1 is 1.20 bits per heavy atom. The van der Waals surface area contributed by atoms with Crippen molar-refractivity contribution in [2.24, 2.45) is 0 Å². The molecule has 1 aliphatic heterocycles. The molecular formula is C20H21F3N2O5. The first-order valence-corrected chi connectivity index (χ1v) is 9.14. The Morgan fingerprint density at radius 3 is 2.60 bits per heavy atom. The van der Waals surface area contributed by atoms with Crippen molar-refractivity contribution in [2.45, 2.75) is 39.5 Å². The number of rotatable bonds is 6. The van der Waals surface area contributed by atoms with Crippen molar-refractivity contribution < 1.29 is 37.0 Å². The number of aryl methyl sites for hydroxylation is 1. The third-order valence-corrected chi connectivity index (χ3v) is 4.74. The average Bonchev–Trinajstić information content (AvgIpc) is 3.24. The number of hydrogen-bond acceptors (Lipinski definition) is 5. The number of alkyl halides is 3. The molecule has 1 aliphatic rings. The van der Waals surface area contributed by atoms with Gasteiger partial charge < -0.3 is 24.1 Å². The van der Waals surface area contributed by atoms with Gasteiger partial charge in [0.15, 0.2) is 18.1 Å². The summed E-state index contributed by atoms with van der Waals surface area (Å²) in [5, 5.41) is 2.69. The first kappa shape index (κ1) is 21.5. The maximum atomic E-state index is 12.7. The topological polar surface area (TPSA) is 78.8 Å². The molecule has 0 aliphatic carbocycles. The number of aromatic nitrogens is 1. The van der Waals surface area contributed by atoms with E-state index in [2.05, 4.69) is 5.32 Å². The molecule has 0 spiro atoms. The molecule has 2 aromatic rings. The maximum Gasteiger partial charge on any atom is 0.406 e. The lowest BCUT2D eigenvalue weighted by Gasteiger charge is -2.15. The molecule has 1 amide bonds. The Bertz CT molecular complexity index is 968. The zero-order chi connectivity index (χ0) is 22.1. The minimum atomic E-state index is -4.42. The molecule has 0 radical (unpaired) electrons. The lowest BCUT2D eigenvalue weighted by Crippen LogP contribution is -2.31. The number of amides is 1. The van der Waals surface area contributed by atoms with Crippen LogP contribution in [0.1, 0.15) is 40.3 Å². The van der Waals surface area contributed by atoms with E-state index in [-0.39, 0.29) is 29.8 Å². The van der Waals surface area contributed by atoms with Crippen LogP contribution in [-0.2, 0) is 16.1 Å². The molecule has 162 valence electrons. The quantitative estimate of drug-likeness (QED) is 0.716. The van der Waals surface area contributed by atoms with Crippen LogP contribution in [0.3, 0.4) is 0 Å². The molecular weight excluding hydrogens is 405 g/mol. The van der Waals surface area contributed by atoms with Gasteiger partial charge in [-0.1, -0.05) is 6.07 Å². The minimum Gasteiger partial charge on any atom is -0.454 e. The van der Waals surface area contributed by atoms with Gasteiger partial charge in [0.2, 0.25) is 6.79 Å². The monoisotopic (exact) mass is 426 g/mol. The normalized spacial score (nSPS) is 13.8. The number of benzene rings is 1. The summed E-state index contributed by atoms with van der Waals surface area (Å²) in [6.07, 6.45) is -4.42. The van der Waals surface area contributed by atoms with E-state index in [0.29, 0.717) is 11.5 Å². The maximum absolute atomic E-state index is 12.7. The van der Waals surface area contributed by atoms with E-state index in [0.717, 1.165) is 10.1 Å². The molecule has 2 heterocycles. The predicted molar refractivity (Wildman–Crippen MR) is 99.4 cm³/mol. The summed E-state index contributed by atoms with van der Waals surface area (Å²) in [4.78, 5) is 24.4. The van der Waals surface area contributed by atoms with E-state index < -0.39 is 31.2 Å². The highest BCUT2D eigenvalue weighted by Gasteiger charge is 2.30. The van der Waals surface area contributed by atoms with Gasteiger partial charge in [-0.3, -0.25) is 4.79 Å². The van der Waals surface area contributed by atoms with Gasteiger partial charge in [0.1, 0.15) is 6.54 Å². The van der Waals surface area contributed by atoms with Crippen molar-refractivity contribution in [3.63, 3.8) is 0 Å². The smallest absolute Gasteiger partial charge is 0.406 e. The molecule has 0 bridgehead atoms. The number of nitrogens with one attached hydrogen (secondary N) is 1. The Hall–Kier alpha value is -3.17. The van der Waals surface area contributed by atoms with Gasteiger partial charge >= 0.3 is 12.1 Å². The van der Waals surface area contributed by atoms with Gasteiger partial charge in [-0.05, 0) is 44.5 Å². The molecule has 1 aromatic heterocycles. The van der Waals surface area contributed by atoms with Gasteiger partial charge in [0.25, 0.3) is 5.91 Å². The number of esters is 1. The van der Waals surface area contributed by atoms with Crippen LogP contribution in [-0.4, -0.2) is 36.0 Å². The Labute approximate surface area is 170 Å². The van der Waals surface area contributed by atoms with Crippen LogP contribution in [0, 0.1) is 13.8 Å². The van der Waals surface area contributed by atoms with Crippen molar-refractivity contribution in [1.29, 1.82) is 0 Å². The Balaban J connectivity index is 1.57. The summed E-state index contributed by atoms with van der Waals surface area (Å²) >= 11 is 0. The lowest BCUT2D eigenvalue weighted by molar-refractivity contribution is -0.141. The minimum absolute atomic E-state index is 0.00614.